The molecule has 0 amide bonds. The molecule has 0 aliphatic carbocycles. The first-order valence-electron chi connectivity index (χ1n) is 5.77. The predicted octanol–water partition coefficient (Wildman–Crippen LogP) is 1.48. The topological polar surface area (TPSA) is 29.5 Å². The van der Waals surface area contributed by atoms with E-state index in [4.69, 9.17) is 4.65 Å². The summed E-state index contributed by atoms with van der Waals surface area (Å²) in [4.78, 5) is 0. The second kappa shape index (κ2) is 6.07. The minimum Gasteiger partial charge on any atom is -0.432 e. The molecular formula is C13H21BO2. The molecule has 3 heteroatoms. The molecular weight excluding hydrogens is 199 g/mol. The molecule has 0 saturated carbocycles. The Morgan fingerprint density at radius 3 is 2.44 bits per heavy atom. The van der Waals surface area contributed by atoms with Gasteiger partial charge in [0.15, 0.2) is 0 Å². The van der Waals surface area contributed by atoms with Crippen LogP contribution in [0.1, 0.15) is 27.2 Å². The fraction of sp³-hybridized carbons (Fsp3) is 0.538. The molecule has 1 rings (SSSR count). The Labute approximate surface area is 98.9 Å². The van der Waals surface area contributed by atoms with Crippen LogP contribution in [0.5, 0.6) is 0 Å². The Hall–Kier alpha value is -0.795. The van der Waals surface area contributed by atoms with Gasteiger partial charge < -0.3 is 9.76 Å². The van der Waals surface area contributed by atoms with E-state index >= 15 is 0 Å². The molecule has 1 aromatic carbocycles. The van der Waals surface area contributed by atoms with E-state index < -0.39 is 0 Å². The lowest BCUT2D eigenvalue weighted by Crippen LogP contribution is -2.26. The zero-order chi connectivity index (χ0) is 12.0. The summed E-state index contributed by atoms with van der Waals surface area (Å²) in [6.07, 6.45) is 0.394. The molecule has 0 heterocycles. The first kappa shape index (κ1) is 13.3. The minimum absolute atomic E-state index is 0.148. The zero-order valence-corrected chi connectivity index (χ0v) is 10.4. The molecule has 0 aromatic heterocycles. The first-order chi connectivity index (χ1) is 7.47. The molecule has 1 unspecified atom stereocenters. The van der Waals surface area contributed by atoms with Crippen molar-refractivity contribution in [3.63, 3.8) is 0 Å². The molecule has 0 spiro atoms. The average Bonchev–Trinajstić information content (AvgIpc) is 2.16. The van der Waals surface area contributed by atoms with Gasteiger partial charge in [-0.25, -0.2) is 0 Å². The van der Waals surface area contributed by atoms with Crippen LogP contribution >= 0.6 is 0 Å². The summed E-state index contributed by atoms with van der Waals surface area (Å²) in [7, 11) is 0.571. The summed E-state index contributed by atoms with van der Waals surface area (Å²) in [6.45, 7) is 6.76. The van der Waals surface area contributed by atoms with Crippen molar-refractivity contribution in [2.75, 3.05) is 6.61 Å². The lowest BCUT2D eigenvalue weighted by molar-refractivity contribution is 0.0734. The van der Waals surface area contributed by atoms with Crippen LogP contribution in [0.15, 0.2) is 30.3 Å². The molecule has 1 atom stereocenters. The average molecular weight is 220 g/mol. The summed E-state index contributed by atoms with van der Waals surface area (Å²) < 4.78 is 5.48. The van der Waals surface area contributed by atoms with Gasteiger partial charge in [0, 0.05) is 0 Å². The summed E-state index contributed by atoms with van der Waals surface area (Å²) >= 11 is 0. The lowest BCUT2D eigenvalue weighted by atomic mass is 9.87. The van der Waals surface area contributed by atoms with Crippen molar-refractivity contribution in [1.82, 2.24) is 0 Å². The van der Waals surface area contributed by atoms with E-state index in [2.05, 4.69) is 20.8 Å². The van der Waals surface area contributed by atoms with Gasteiger partial charge in [0.2, 0.25) is 0 Å². The van der Waals surface area contributed by atoms with Crippen LogP contribution in [0, 0.1) is 5.41 Å². The van der Waals surface area contributed by atoms with E-state index in [1.54, 1.807) is 0 Å². The maximum absolute atomic E-state index is 9.74. The van der Waals surface area contributed by atoms with Crippen LogP contribution in [-0.4, -0.2) is 25.3 Å². The smallest absolute Gasteiger partial charge is 0.308 e. The molecule has 0 bridgehead atoms. The molecule has 1 aromatic rings. The van der Waals surface area contributed by atoms with Crippen LogP contribution in [-0.2, 0) is 4.65 Å². The van der Waals surface area contributed by atoms with Crippen molar-refractivity contribution < 1.29 is 9.76 Å². The second-order valence-electron chi connectivity index (χ2n) is 5.42. The quantitative estimate of drug-likeness (QED) is 0.761. The third kappa shape index (κ3) is 5.94. The standard InChI is InChI=1S/C13H21BO2/c1-13(2,3)9-12(15)10-16-14-11-7-5-4-6-8-11/h4-8,12,14-15H,9-10H2,1-3H3. The van der Waals surface area contributed by atoms with Crippen LogP contribution in [0.4, 0.5) is 0 Å². The number of rotatable bonds is 5. The van der Waals surface area contributed by atoms with Crippen LogP contribution in [0.2, 0.25) is 0 Å². The zero-order valence-electron chi connectivity index (χ0n) is 10.4. The Kier molecular flexibility index (Phi) is 5.03. The summed E-state index contributed by atoms with van der Waals surface area (Å²) in [6, 6.07) is 10.0. The van der Waals surface area contributed by atoms with Gasteiger partial charge in [0.25, 0.3) is 0 Å². The van der Waals surface area contributed by atoms with Gasteiger partial charge in [-0.3, -0.25) is 0 Å². The maximum atomic E-state index is 9.74. The van der Waals surface area contributed by atoms with Gasteiger partial charge >= 0.3 is 7.48 Å². The fourth-order valence-electron chi connectivity index (χ4n) is 1.65. The molecule has 88 valence electrons. The normalized spacial score (nSPS) is 13.5. The maximum Gasteiger partial charge on any atom is 0.308 e. The summed E-state index contributed by atoms with van der Waals surface area (Å²) in [5, 5.41) is 9.74. The monoisotopic (exact) mass is 220 g/mol. The van der Waals surface area contributed by atoms with Crippen LogP contribution in [0.25, 0.3) is 0 Å². The van der Waals surface area contributed by atoms with E-state index in [-0.39, 0.29) is 11.5 Å². The third-order valence-electron chi connectivity index (χ3n) is 2.27. The lowest BCUT2D eigenvalue weighted by Gasteiger charge is -2.22. The Balaban J connectivity index is 2.21. The molecule has 0 radical (unpaired) electrons. The highest BCUT2D eigenvalue weighted by Crippen LogP contribution is 2.20. The predicted molar refractivity (Wildman–Crippen MR) is 69.3 cm³/mol. The Bertz CT molecular complexity index is 293. The minimum atomic E-state index is -0.372. The molecule has 0 fully saturated rings. The number of aliphatic hydroxyl groups is 1. The molecule has 0 aliphatic rings. The highest BCUT2D eigenvalue weighted by Gasteiger charge is 2.16. The van der Waals surface area contributed by atoms with Crippen molar-refractivity contribution in [2.24, 2.45) is 5.41 Å². The van der Waals surface area contributed by atoms with Crippen molar-refractivity contribution in [2.45, 2.75) is 33.3 Å². The Morgan fingerprint density at radius 2 is 1.88 bits per heavy atom. The number of aliphatic hydroxyl groups excluding tert-OH is 1. The molecule has 0 aliphatic heterocycles. The Morgan fingerprint density at radius 1 is 1.25 bits per heavy atom. The number of benzene rings is 1. The third-order valence-corrected chi connectivity index (χ3v) is 2.27. The van der Waals surface area contributed by atoms with Gasteiger partial charge in [-0.15, -0.1) is 0 Å². The highest BCUT2D eigenvalue weighted by atomic mass is 16.4. The fourth-order valence-corrected chi connectivity index (χ4v) is 1.65. The van der Waals surface area contributed by atoms with Gasteiger partial charge in [-0.1, -0.05) is 56.6 Å². The van der Waals surface area contributed by atoms with Crippen LogP contribution in [0.3, 0.4) is 0 Å². The van der Waals surface area contributed by atoms with E-state index in [0.717, 1.165) is 11.9 Å². The van der Waals surface area contributed by atoms with Gasteiger partial charge in [-0.05, 0) is 11.8 Å². The van der Waals surface area contributed by atoms with Crippen molar-refractivity contribution >= 4 is 12.9 Å². The second-order valence-corrected chi connectivity index (χ2v) is 5.42. The molecule has 0 saturated heterocycles. The van der Waals surface area contributed by atoms with E-state index in [0.29, 0.717) is 14.1 Å². The SMILES string of the molecule is CC(C)(C)CC(O)COBc1ccccc1. The number of hydrogen-bond donors (Lipinski definition) is 1. The van der Waals surface area contributed by atoms with Gasteiger partial charge in [0.1, 0.15) is 0 Å². The van der Waals surface area contributed by atoms with Gasteiger partial charge in [0.05, 0.1) is 12.7 Å². The number of hydrogen-bond acceptors (Lipinski definition) is 2. The molecule has 1 N–H and O–H groups in total. The highest BCUT2D eigenvalue weighted by molar-refractivity contribution is 6.46. The van der Waals surface area contributed by atoms with Crippen molar-refractivity contribution in [3.8, 4) is 0 Å². The molecule has 2 nitrogen and oxygen atoms in total. The van der Waals surface area contributed by atoms with Gasteiger partial charge in [-0.2, -0.15) is 0 Å². The largest absolute Gasteiger partial charge is 0.432 e. The van der Waals surface area contributed by atoms with E-state index in [1.165, 1.54) is 0 Å². The molecule has 16 heavy (non-hydrogen) atoms. The summed E-state index contributed by atoms with van der Waals surface area (Å²) in [5.41, 5.74) is 1.29. The van der Waals surface area contributed by atoms with Crippen molar-refractivity contribution in [1.29, 1.82) is 0 Å². The van der Waals surface area contributed by atoms with E-state index in [9.17, 15) is 5.11 Å². The van der Waals surface area contributed by atoms with E-state index in [1.807, 2.05) is 30.3 Å². The van der Waals surface area contributed by atoms with Crippen molar-refractivity contribution in [3.05, 3.63) is 30.3 Å². The summed E-state index contributed by atoms with van der Waals surface area (Å²) in [5.74, 6) is 0. The van der Waals surface area contributed by atoms with Crippen LogP contribution < -0.4 is 5.46 Å². The first-order valence-corrected chi connectivity index (χ1v) is 5.77.